The Labute approximate surface area is 167 Å². The van der Waals surface area contributed by atoms with E-state index >= 15 is 0 Å². The fraction of sp³-hybridized carbons (Fsp3) is 0.750. The molecule has 4 N–H and O–H groups in total. The molecule has 5 aliphatic rings. The monoisotopic (exact) mass is 405 g/mol. The average Bonchev–Trinajstić information content (AvgIpc) is 2.93. The first-order valence-corrected chi connectivity index (χ1v) is 10.4. The van der Waals surface area contributed by atoms with Gasteiger partial charge in [-0.1, -0.05) is 0 Å². The predicted molar refractivity (Wildman–Crippen MR) is 100 cm³/mol. The van der Waals surface area contributed by atoms with Crippen molar-refractivity contribution in [2.75, 3.05) is 12.3 Å². The number of rotatable bonds is 4. The lowest BCUT2D eigenvalue weighted by atomic mass is 9.49. The van der Waals surface area contributed by atoms with Gasteiger partial charge in [0, 0.05) is 6.20 Å². The van der Waals surface area contributed by atoms with Crippen LogP contribution in [0.15, 0.2) is 17.1 Å². The minimum absolute atomic E-state index is 0.0559. The van der Waals surface area contributed by atoms with E-state index in [-0.39, 0.29) is 18.4 Å². The lowest BCUT2D eigenvalue weighted by Crippen LogP contribution is -2.51. The van der Waals surface area contributed by atoms with Gasteiger partial charge in [-0.05, 0) is 62.3 Å². The minimum Gasteiger partial charge on any atom is -0.462 e. The molecule has 1 aliphatic heterocycles. The zero-order valence-electron chi connectivity index (χ0n) is 16.1. The van der Waals surface area contributed by atoms with Gasteiger partial charge in [0.05, 0.1) is 5.41 Å². The van der Waals surface area contributed by atoms with Crippen molar-refractivity contribution >= 4 is 11.8 Å². The molecule has 0 spiro atoms. The average molecular weight is 405 g/mol. The Morgan fingerprint density at radius 1 is 1.21 bits per heavy atom. The van der Waals surface area contributed by atoms with Crippen molar-refractivity contribution in [3.8, 4) is 0 Å². The van der Waals surface area contributed by atoms with Crippen LogP contribution in [-0.4, -0.2) is 50.7 Å². The highest BCUT2D eigenvalue weighted by Gasteiger charge is 2.56. The van der Waals surface area contributed by atoms with Crippen molar-refractivity contribution in [2.24, 2.45) is 23.2 Å². The number of aliphatic hydroxyl groups is 2. The summed E-state index contributed by atoms with van der Waals surface area (Å²) in [4.78, 5) is 28.6. The number of nitrogen functional groups attached to an aromatic ring is 1. The summed E-state index contributed by atoms with van der Waals surface area (Å²) in [6.45, 7) is -0.160. The lowest BCUT2D eigenvalue weighted by Gasteiger charge is -2.55. The second-order valence-electron chi connectivity index (χ2n) is 9.38. The summed E-state index contributed by atoms with van der Waals surface area (Å²) in [5.41, 5.74) is 4.40. The maximum Gasteiger partial charge on any atom is 0.351 e. The standard InChI is InChI=1S/C20H27N3O6/c21-14-1-2-23(19(27)22-14)17-16(25)15(24)13(29-17)9-28-18(26)20-6-10-3-11(7-20)5-12(4-10)8-20/h1-2,10-13,15-17,24-25H,3-9H2,(H2,21,22,27)/t10?,11?,12?,13-,15+,16+,17-,20?/m0/s1. The second-order valence-corrected chi connectivity index (χ2v) is 9.38. The van der Waals surface area contributed by atoms with E-state index in [9.17, 15) is 19.8 Å². The number of hydrogen-bond acceptors (Lipinski definition) is 8. The minimum atomic E-state index is -1.35. The van der Waals surface area contributed by atoms with Crippen molar-refractivity contribution < 1.29 is 24.5 Å². The molecule has 1 aromatic rings. The normalized spacial score (nSPS) is 42.9. The van der Waals surface area contributed by atoms with Gasteiger partial charge in [0.25, 0.3) is 0 Å². The molecule has 0 amide bonds. The number of hydrogen-bond donors (Lipinski definition) is 3. The number of esters is 1. The molecule has 9 nitrogen and oxygen atoms in total. The third-order valence-corrected chi connectivity index (χ3v) is 7.31. The number of carbonyl (C=O) groups is 1. The van der Waals surface area contributed by atoms with Gasteiger partial charge in [-0.2, -0.15) is 4.98 Å². The van der Waals surface area contributed by atoms with E-state index in [1.807, 2.05) is 0 Å². The molecular formula is C20H27N3O6. The summed E-state index contributed by atoms with van der Waals surface area (Å²) in [5.74, 6) is 1.71. The van der Waals surface area contributed by atoms with Gasteiger partial charge >= 0.3 is 11.7 Å². The van der Waals surface area contributed by atoms with Gasteiger partial charge in [-0.25, -0.2) is 4.79 Å². The maximum atomic E-state index is 13.0. The van der Waals surface area contributed by atoms with Gasteiger partial charge < -0.3 is 25.4 Å². The number of carbonyl (C=O) groups excluding carboxylic acids is 1. The SMILES string of the molecule is Nc1ccn([C@H]2O[C@@H](COC(=O)C34CC5CC(CC(C5)C3)C4)[C@@H](O)[C@H]2O)c(=O)n1. The fourth-order valence-electron chi connectivity index (χ4n) is 6.39. The molecule has 29 heavy (non-hydrogen) atoms. The van der Waals surface area contributed by atoms with Gasteiger partial charge in [0.2, 0.25) is 0 Å². The van der Waals surface area contributed by atoms with Crippen LogP contribution in [-0.2, 0) is 14.3 Å². The zero-order chi connectivity index (χ0) is 20.3. The van der Waals surface area contributed by atoms with E-state index in [4.69, 9.17) is 15.2 Å². The summed E-state index contributed by atoms with van der Waals surface area (Å²) in [7, 11) is 0. The van der Waals surface area contributed by atoms with Crippen LogP contribution in [0.1, 0.15) is 44.8 Å². The number of nitrogens with two attached hydrogens (primary N) is 1. The summed E-state index contributed by atoms with van der Waals surface area (Å²) >= 11 is 0. The topological polar surface area (TPSA) is 137 Å². The molecule has 4 bridgehead atoms. The molecule has 4 atom stereocenters. The van der Waals surface area contributed by atoms with Gasteiger partial charge in [-0.3, -0.25) is 9.36 Å². The Morgan fingerprint density at radius 3 is 2.41 bits per heavy atom. The smallest absolute Gasteiger partial charge is 0.351 e. The number of aliphatic hydroxyl groups excluding tert-OH is 2. The van der Waals surface area contributed by atoms with E-state index in [0.717, 1.165) is 23.8 Å². The van der Waals surface area contributed by atoms with Crippen LogP contribution in [0.3, 0.4) is 0 Å². The molecule has 0 radical (unpaired) electrons. The van der Waals surface area contributed by atoms with Crippen molar-refractivity contribution in [3.05, 3.63) is 22.7 Å². The Hall–Kier alpha value is -1.97. The molecule has 9 heteroatoms. The molecule has 4 aliphatic carbocycles. The third-order valence-electron chi connectivity index (χ3n) is 7.31. The number of aromatic nitrogens is 2. The Morgan fingerprint density at radius 2 is 1.83 bits per heavy atom. The molecule has 6 rings (SSSR count). The lowest BCUT2D eigenvalue weighted by molar-refractivity contribution is -0.177. The van der Waals surface area contributed by atoms with Crippen LogP contribution >= 0.6 is 0 Å². The Balaban J connectivity index is 1.25. The van der Waals surface area contributed by atoms with E-state index in [1.165, 1.54) is 31.5 Å². The first-order chi connectivity index (χ1) is 13.8. The van der Waals surface area contributed by atoms with E-state index in [1.54, 1.807) is 0 Å². The second kappa shape index (κ2) is 6.78. The summed E-state index contributed by atoms with van der Waals surface area (Å²) in [5, 5.41) is 20.7. The Bertz CT molecular complexity index is 835. The zero-order valence-corrected chi connectivity index (χ0v) is 16.1. The summed E-state index contributed by atoms with van der Waals surface area (Å²) < 4.78 is 12.3. The van der Waals surface area contributed by atoms with E-state index < -0.39 is 35.6 Å². The van der Waals surface area contributed by atoms with Crippen molar-refractivity contribution in [3.63, 3.8) is 0 Å². The first kappa shape index (κ1) is 19.0. The third kappa shape index (κ3) is 3.15. The van der Waals surface area contributed by atoms with E-state index in [0.29, 0.717) is 17.8 Å². The quantitative estimate of drug-likeness (QED) is 0.605. The van der Waals surface area contributed by atoms with Gasteiger partial charge in [-0.15, -0.1) is 0 Å². The highest BCUT2D eigenvalue weighted by molar-refractivity contribution is 5.77. The number of ether oxygens (including phenoxy) is 2. The first-order valence-electron chi connectivity index (χ1n) is 10.4. The summed E-state index contributed by atoms with van der Waals surface area (Å²) in [6, 6.07) is 1.41. The predicted octanol–water partition coefficient (Wildman–Crippen LogP) is 0.204. The molecule has 0 aromatic carbocycles. The molecule has 0 unspecified atom stereocenters. The van der Waals surface area contributed by atoms with Crippen molar-refractivity contribution in [1.82, 2.24) is 9.55 Å². The maximum absolute atomic E-state index is 13.0. The molecule has 5 fully saturated rings. The Kier molecular flexibility index (Phi) is 4.45. The van der Waals surface area contributed by atoms with Gasteiger partial charge in [0.1, 0.15) is 30.7 Å². The molecule has 1 saturated heterocycles. The fourth-order valence-corrected chi connectivity index (χ4v) is 6.39. The molecule has 1 aromatic heterocycles. The molecular weight excluding hydrogens is 378 g/mol. The van der Waals surface area contributed by atoms with Crippen LogP contribution in [0.25, 0.3) is 0 Å². The van der Waals surface area contributed by atoms with E-state index in [2.05, 4.69) is 4.98 Å². The molecule has 158 valence electrons. The molecule has 2 heterocycles. The van der Waals surface area contributed by atoms with Crippen LogP contribution in [0.2, 0.25) is 0 Å². The number of nitrogens with zero attached hydrogens (tertiary/aromatic N) is 2. The van der Waals surface area contributed by atoms with Gasteiger partial charge in [0.15, 0.2) is 6.23 Å². The number of anilines is 1. The summed E-state index contributed by atoms with van der Waals surface area (Å²) in [6.07, 6.45) is 3.06. The largest absolute Gasteiger partial charge is 0.462 e. The highest BCUT2D eigenvalue weighted by atomic mass is 16.6. The van der Waals surface area contributed by atoms with Crippen LogP contribution < -0.4 is 11.4 Å². The van der Waals surface area contributed by atoms with Crippen molar-refractivity contribution in [2.45, 2.75) is 63.1 Å². The van der Waals surface area contributed by atoms with Crippen LogP contribution in [0.5, 0.6) is 0 Å². The van der Waals surface area contributed by atoms with Crippen LogP contribution in [0.4, 0.5) is 5.82 Å². The van der Waals surface area contributed by atoms with Crippen LogP contribution in [0, 0.1) is 23.2 Å². The highest BCUT2D eigenvalue weighted by Crippen LogP contribution is 2.60. The molecule has 4 saturated carbocycles. The van der Waals surface area contributed by atoms with Crippen molar-refractivity contribution in [1.29, 1.82) is 0 Å².